The van der Waals surface area contributed by atoms with Crippen molar-refractivity contribution < 1.29 is 27.8 Å². The third-order valence-electron chi connectivity index (χ3n) is 3.55. The van der Waals surface area contributed by atoms with Crippen molar-refractivity contribution in [2.24, 2.45) is 5.92 Å². The third-order valence-corrected chi connectivity index (χ3v) is 3.55. The summed E-state index contributed by atoms with van der Waals surface area (Å²) >= 11 is 0. The molecule has 1 fully saturated rings. The molecule has 1 heterocycles. The molecule has 128 valence electrons. The smallest absolute Gasteiger partial charge is 0.416 e. The maximum Gasteiger partial charge on any atom is 0.416 e. The van der Waals surface area contributed by atoms with Gasteiger partial charge in [-0.25, -0.2) is 0 Å². The number of aliphatic hydroxyl groups is 1. The SMILES string of the molecule is O=C(NCC(O)COc1cccc(C(F)(F)F)c1)C1CCNC1. The van der Waals surface area contributed by atoms with Crippen LogP contribution in [0.15, 0.2) is 24.3 Å². The number of carbonyl (C=O) groups is 1. The van der Waals surface area contributed by atoms with Crippen LogP contribution >= 0.6 is 0 Å². The van der Waals surface area contributed by atoms with Gasteiger partial charge in [0.25, 0.3) is 0 Å². The van der Waals surface area contributed by atoms with Gasteiger partial charge in [0, 0.05) is 13.1 Å². The van der Waals surface area contributed by atoms with E-state index in [4.69, 9.17) is 4.74 Å². The Morgan fingerprint density at radius 1 is 1.48 bits per heavy atom. The number of halogens is 3. The number of amides is 1. The lowest BCUT2D eigenvalue weighted by atomic mass is 10.1. The Balaban J connectivity index is 1.75. The molecule has 0 spiro atoms. The molecule has 0 aliphatic carbocycles. The number of hydrogen-bond donors (Lipinski definition) is 3. The van der Waals surface area contributed by atoms with Gasteiger partial charge in [-0.15, -0.1) is 0 Å². The minimum Gasteiger partial charge on any atom is -0.491 e. The second-order valence-electron chi connectivity index (χ2n) is 5.43. The van der Waals surface area contributed by atoms with Gasteiger partial charge in [0.1, 0.15) is 18.5 Å². The monoisotopic (exact) mass is 332 g/mol. The first-order valence-electron chi connectivity index (χ1n) is 7.33. The number of benzene rings is 1. The lowest BCUT2D eigenvalue weighted by Gasteiger charge is -2.15. The van der Waals surface area contributed by atoms with Gasteiger partial charge in [0.05, 0.1) is 11.5 Å². The molecule has 0 radical (unpaired) electrons. The molecular formula is C15H19F3N2O3. The Bertz CT molecular complexity index is 531. The van der Waals surface area contributed by atoms with Gasteiger partial charge in [0.2, 0.25) is 5.91 Å². The van der Waals surface area contributed by atoms with Crippen LogP contribution in [0, 0.1) is 5.92 Å². The molecule has 0 saturated carbocycles. The normalized spacial score (nSPS) is 19.4. The van der Waals surface area contributed by atoms with Crippen LogP contribution < -0.4 is 15.4 Å². The first kappa shape index (κ1) is 17.6. The number of hydrogen-bond acceptors (Lipinski definition) is 4. The van der Waals surface area contributed by atoms with Crippen molar-refractivity contribution in [1.29, 1.82) is 0 Å². The van der Waals surface area contributed by atoms with Crippen LogP contribution in [-0.4, -0.2) is 43.4 Å². The van der Waals surface area contributed by atoms with E-state index < -0.39 is 17.8 Å². The summed E-state index contributed by atoms with van der Waals surface area (Å²) in [6.07, 6.45) is -4.69. The molecule has 1 aromatic carbocycles. The molecule has 2 atom stereocenters. The lowest BCUT2D eigenvalue weighted by Crippen LogP contribution is -2.39. The summed E-state index contributed by atoms with van der Waals surface area (Å²) in [5.74, 6) is -0.232. The molecule has 1 saturated heterocycles. The topological polar surface area (TPSA) is 70.6 Å². The average Bonchev–Trinajstić information content (AvgIpc) is 3.04. The molecule has 5 nitrogen and oxygen atoms in total. The Kier molecular flexibility index (Phi) is 5.84. The molecule has 1 aliphatic rings. The number of rotatable bonds is 6. The van der Waals surface area contributed by atoms with Crippen molar-refractivity contribution >= 4 is 5.91 Å². The minimum atomic E-state index is -4.44. The molecule has 1 aromatic rings. The fourth-order valence-corrected chi connectivity index (χ4v) is 2.25. The van der Waals surface area contributed by atoms with Crippen LogP contribution in [0.4, 0.5) is 13.2 Å². The van der Waals surface area contributed by atoms with Crippen LogP contribution in [-0.2, 0) is 11.0 Å². The van der Waals surface area contributed by atoms with E-state index in [1.807, 2.05) is 0 Å². The molecular weight excluding hydrogens is 313 g/mol. The molecule has 1 amide bonds. The first-order chi connectivity index (χ1) is 10.9. The number of carbonyl (C=O) groups excluding carboxylic acids is 1. The van der Waals surface area contributed by atoms with Crippen molar-refractivity contribution in [2.75, 3.05) is 26.2 Å². The highest BCUT2D eigenvalue weighted by atomic mass is 19.4. The van der Waals surface area contributed by atoms with Crippen LogP contribution in [0.1, 0.15) is 12.0 Å². The first-order valence-corrected chi connectivity index (χ1v) is 7.33. The predicted molar refractivity (Wildman–Crippen MR) is 76.9 cm³/mol. The minimum absolute atomic E-state index is 0.00566. The fourth-order valence-electron chi connectivity index (χ4n) is 2.25. The van der Waals surface area contributed by atoms with Crippen LogP contribution in [0.5, 0.6) is 5.75 Å². The van der Waals surface area contributed by atoms with Crippen LogP contribution in [0.25, 0.3) is 0 Å². The average molecular weight is 332 g/mol. The van der Waals surface area contributed by atoms with Gasteiger partial charge in [-0.05, 0) is 31.2 Å². The highest BCUT2D eigenvalue weighted by Crippen LogP contribution is 2.31. The predicted octanol–water partition coefficient (Wildman–Crippen LogP) is 1.17. The van der Waals surface area contributed by atoms with E-state index in [0.717, 1.165) is 25.1 Å². The van der Waals surface area contributed by atoms with Crippen molar-refractivity contribution in [2.45, 2.75) is 18.7 Å². The van der Waals surface area contributed by atoms with E-state index in [0.29, 0.717) is 6.54 Å². The van der Waals surface area contributed by atoms with E-state index in [-0.39, 0.29) is 30.7 Å². The van der Waals surface area contributed by atoms with Gasteiger partial charge in [0.15, 0.2) is 0 Å². The number of alkyl halides is 3. The molecule has 8 heteroatoms. The second-order valence-corrected chi connectivity index (χ2v) is 5.43. The van der Waals surface area contributed by atoms with Crippen molar-refractivity contribution in [3.05, 3.63) is 29.8 Å². The summed E-state index contributed by atoms with van der Waals surface area (Å²) in [5, 5.41) is 15.4. The van der Waals surface area contributed by atoms with Gasteiger partial charge < -0.3 is 20.5 Å². The van der Waals surface area contributed by atoms with Crippen molar-refractivity contribution in [3.8, 4) is 5.75 Å². The zero-order valence-corrected chi connectivity index (χ0v) is 12.4. The molecule has 2 rings (SSSR count). The van der Waals surface area contributed by atoms with Crippen LogP contribution in [0.3, 0.4) is 0 Å². The summed E-state index contributed by atoms with van der Waals surface area (Å²) in [6.45, 7) is 1.20. The maximum absolute atomic E-state index is 12.6. The summed E-state index contributed by atoms with van der Waals surface area (Å²) in [7, 11) is 0. The van der Waals surface area contributed by atoms with Gasteiger partial charge >= 0.3 is 6.18 Å². The molecule has 23 heavy (non-hydrogen) atoms. The third kappa shape index (κ3) is 5.40. The summed E-state index contributed by atoms with van der Waals surface area (Å²) in [5.41, 5.74) is -0.813. The zero-order valence-electron chi connectivity index (χ0n) is 12.4. The van der Waals surface area contributed by atoms with E-state index >= 15 is 0 Å². The van der Waals surface area contributed by atoms with E-state index in [1.54, 1.807) is 0 Å². The zero-order chi connectivity index (χ0) is 16.9. The summed E-state index contributed by atoms with van der Waals surface area (Å²) in [4.78, 5) is 11.8. The van der Waals surface area contributed by atoms with Crippen molar-refractivity contribution in [3.63, 3.8) is 0 Å². The maximum atomic E-state index is 12.6. The molecule has 3 N–H and O–H groups in total. The number of ether oxygens (including phenoxy) is 1. The number of aliphatic hydroxyl groups excluding tert-OH is 1. The Labute approximate surface area is 131 Å². The van der Waals surface area contributed by atoms with Crippen LogP contribution in [0.2, 0.25) is 0 Å². The van der Waals surface area contributed by atoms with Gasteiger partial charge in [-0.2, -0.15) is 13.2 Å². The Hall–Kier alpha value is -1.80. The Morgan fingerprint density at radius 2 is 2.26 bits per heavy atom. The van der Waals surface area contributed by atoms with Gasteiger partial charge in [-0.3, -0.25) is 4.79 Å². The van der Waals surface area contributed by atoms with E-state index in [1.165, 1.54) is 12.1 Å². The highest BCUT2D eigenvalue weighted by Gasteiger charge is 2.30. The molecule has 0 aromatic heterocycles. The number of nitrogens with one attached hydrogen (secondary N) is 2. The fraction of sp³-hybridized carbons (Fsp3) is 0.533. The summed E-state index contributed by atoms with van der Waals surface area (Å²) < 4.78 is 42.8. The highest BCUT2D eigenvalue weighted by molar-refractivity contribution is 5.79. The summed E-state index contributed by atoms with van der Waals surface area (Å²) in [6, 6.07) is 4.43. The largest absolute Gasteiger partial charge is 0.491 e. The standard InChI is InChI=1S/C15H19F3N2O3/c16-15(17,18)11-2-1-3-13(6-11)23-9-12(21)8-20-14(22)10-4-5-19-7-10/h1-3,6,10,12,19,21H,4-5,7-9H2,(H,20,22). The Morgan fingerprint density at radius 3 is 2.91 bits per heavy atom. The quantitative estimate of drug-likeness (QED) is 0.731. The molecule has 1 aliphatic heterocycles. The lowest BCUT2D eigenvalue weighted by molar-refractivity contribution is -0.137. The van der Waals surface area contributed by atoms with Crippen molar-refractivity contribution in [1.82, 2.24) is 10.6 Å². The van der Waals surface area contributed by atoms with Gasteiger partial charge in [-0.1, -0.05) is 6.07 Å². The molecule has 2 unspecified atom stereocenters. The van der Waals surface area contributed by atoms with E-state index in [2.05, 4.69) is 10.6 Å². The second kappa shape index (κ2) is 7.65. The molecule has 0 bridgehead atoms. The van der Waals surface area contributed by atoms with E-state index in [9.17, 15) is 23.1 Å².